The molecule has 5 heteroatoms. The van der Waals surface area contributed by atoms with Crippen molar-refractivity contribution >= 4 is 23.3 Å². The van der Waals surface area contributed by atoms with E-state index in [1.54, 1.807) is 13.1 Å². The molecule has 0 radical (unpaired) electrons. The van der Waals surface area contributed by atoms with Gasteiger partial charge in [-0.05, 0) is 12.1 Å². The van der Waals surface area contributed by atoms with Crippen molar-refractivity contribution in [1.82, 2.24) is 5.32 Å². The molecular formula is C10H11ClN2O2. The van der Waals surface area contributed by atoms with Gasteiger partial charge >= 0.3 is 6.03 Å². The molecule has 0 fully saturated rings. The summed E-state index contributed by atoms with van der Waals surface area (Å²) in [4.78, 5) is 11.2. The maximum Gasteiger partial charge on any atom is 0.319 e. The minimum Gasteiger partial charge on any atom is -0.491 e. The molecule has 1 aromatic carbocycles. The summed E-state index contributed by atoms with van der Waals surface area (Å²) in [6.07, 6.45) is 0.832. The number of benzene rings is 1. The van der Waals surface area contributed by atoms with Gasteiger partial charge in [0.2, 0.25) is 0 Å². The summed E-state index contributed by atoms with van der Waals surface area (Å²) in [5.74, 6) is 0.725. The minimum absolute atomic E-state index is 0.282. The smallest absolute Gasteiger partial charge is 0.319 e. The Labute approximate surface area is 92.6 Å². The maximum atomic E-state index is 11.2. The van der Waals surface area contributed by atoms with Gasteiger partial charge in [-0.25, -0.2) is 4.79 Å². The molecule has 80 valence electrons. The molecule has 4 nitrogen and oxygen atoms in total. The van der Waals surface area contributed by atoms with Crippen molar-refractivity contribution in [3.63, 3.8) is 0 Å². The number of carbonyl (C=O) groups is 1. The van der Waals surface area contributed by atoms with Crippen LogP contribution in [-0.4, -0.2) is 19.7 Å². The van der Waals surface area contributed by atoms with Gasteiger partial charge in [-0.3, -0.25) is 0 Å². The Kier molecular flexibility index (Phi) is 2.68. The summed E-state index contributed by atoms with van der Waals surface area (Å²) >= 11 is 5.93. The van der Waals surface area contributed by atoms with E-state index in [0.717, 1.165) is 17.7 Å². The number of amides is 2. The summed E-state index contributed by atoms with van der Waals surface area (Å²) in [7, 11) is 1.56. The number of fused-ring (bicyclic) bond motifs is 1. The Morgan fingerprint density at radius 1 is 1.53 bits per heavy atom. The lowest BCUT2D eigenvalue weighted by Crippen LogP contribution is -2.24. The molecule has 0 atom stereocenters. The molecule has 0 bridgehead atoms. The van der Waals surface area contributed by atoms with E-state index < -0.39 is 0 Å². The van der Waals surface area contributed by atoms with Crippen LogP contribution in [-0.2, 0) is 6.42 Å². The molecule has 0 unspecified atom stereocenters. The lowest BCUT2D eigenvalue weighted by molar-refractivity contribution is 0.253. The van der Waals surface area contributed by atoms with Crippen LogP contribution in [0.3, 0.4) is 0 Å². The number of anilines is 1. The Hall–Kier alpha value is -1.42. The van der Waals surface area contributed by atoms with Gasteiger partial charge < -0.3 is 15.4 Å². The second-order valence-corrected chi connectivity index (χ2v) is 3.68. The average Bonchev–Trinajstić information content (AvgIpc) is 2.65. The molecule has 2 amide bonds. The Morgan fingerprint density at radius 2 is 2.33 bits per heavy atom. The zero-order valence-electron chi connectivity index (χ0n) is 8.26. The van der Waals surface area contributed by atoms with Gasteiger partial charge in [0.05, 0.1) is 12.3 Å². The van der Waals surface area contributed by atoms with Gasteiger partial charge in [-0.15, -0.1) is 0 Å². The number of halogens is 1. The summed E-state index contributed by atoms with van der Waals surface area (Å²) in [5.41, 5.74) is 1.66. The summed E-state index contributed by atoms with van der Waals surface area (Å²) < 4.78 is 5.43. The monoisotopic (exact) mass is 226 g/mol. The fourth-order valence-electron chi connectivity index (χ4n) is 1.55. The Balaban J connectivity index is 2.34. The molecule has 0 spiro atoms. The zero-order valence-corrected chi connectivity index (χ0v) is 9.02. The van der Waals surface area contributed by atoms with Crippen molar-refractivity contribution in [3.05, 3.63) is 22.7 Å². The van der Waals surface area contributed by atoms with E-state index in [1.807, 2.05) is 6.07 Å². The van der Waals surface area contributed by atoms with E-state index >= 15 is 0 Å². The molecule has 1 aliphatic heterocycles. The fraction of sp³-hybridized carbons (Fsp3) is 0.300. The molecule has 0 aliphatic carbocycles. The lowest BCUT2D eigenvalue weighted by Gasteiger charge is -2.09. The van der Waals surface area contributed by atoms with Gasteiger partial charge in [0.1, 0.15) is 5.75 Å². The number of nitrogens with one attached hydrogen (secondary N) is 2. The van der Waals surface area contributed by atoms with Gasteiger partial charge in [0, 0.05) is 24.1 Å². The minimum atomic E-state index is -0.282. The van der Waals surface area contributed by atoms with Crippen molar-refractivity contribution < 1.29 is 9.53 Å². The number of ether oxygens (including phenoxy) is 1. The van der Waals surface area contributed by atoms with Crippen molar-refractivity contribution in [2.45, 2.75) is 6.42 Å². The maximum absolute atomic E-state index is 11.2. The van der Waals surface area contributed by atoms with Crippen molar-refractivity contribution in [2.24, 2.45) is 0 Å². The fourth-order valence-corrected chi connectivity index (χ4v) is 1.79. The van der Waals surface area contributed by atoms with Gasteiger partial charge in [-0.1, -0.05) is 11.6 Å². The summed E-state index contributed by atoms with van der Waals surface area (Å²) in [6.45, 7) is 0.637. The first-order chi connectivity index (χ1) is 7.20. The SMILES string of the molecule is CNC(=O)Nc1cc(Cl)cc2c1OCC2. The molecule has 15 heavy (non-hydrogen) atoms. The third kappa shape index (κ3) is 1.99. The first-order valence-electron chi connectivity index (χ1n) is 4.64. The topological polar surface area (TPSA) is 50.4 Å². The van der Waals surface area contributed by atoms with Crippen LogP contribution >= 0.6 is 11.6 Å². The lowest BCUT2D eigenvalue weighted by atomic mass is 10.1. The van der Waals surface area contributed by atoms with E-state index in [2.05, 4.69) is 10.6 Å². The van der Waals surface area contributed by atoms with E-state index in [4.69, 9.17) is 16.3 Å². The highest BCUT2D eigenvalue weighted by atomic mass is 35.5. The van der Waals surface area contributed by atoms with Crippen LogP contribution in [0.2, 0.25) is 5.02 Å². The zero-order chi connectivity index (χ0) is 10.8. The molecule has 0 saturated carbocycles. The van der Waals surface area contributed by atoms with Gasteiger partial charge in [0.25, 0.3) is 0 Å². The van der Waals surface area contributed by atoms with E-state index in [1.165, 1.54) is 0 Å². The van der Waals surface area contributed by atoms with Gasteiger partial charge in [0.15, 0.2) is 0 Å². The van der Waals surface area contributed by atoms with Crippen LogP contribution in [0, 0.1) is 0 Å². The molecule has 2 rings (SSSR count). The van der Waals surface area contributed by atoms with Gasteiger partial charge in [-0.2, -0.15) is 0 Å². The van der Waals surface area contributed by atoms with Crippen LogP contribution in [0.4, 0.5) is 10.5 Å². The van der Waals surface area contributed by atoms with Crippen LogP contribution in [0.1, 0.15) is 5.56 Å². The van der Waals surface area contributed by atoms with Crippen molar-refractivity contribution in [1.29, 1.82) is 0 Å². The van der Waals surface area contributed by atoms with Crippen LogP contribution < -0.4 is 15.4 Å². The second kappa shape index (κ2) is 3.98. The molecular weight excluding hydrogens is 216 g/mol. The molecule has 1 heterocycles. The third-order valence-electron chi connectivity index (χ3n) is 2.22. The molecule has 0 aromatic heterocycles. The largest absolute Gasteiger partial charge is 0.491 e. The predicted molar refractivity (Wildman–Crippen MR) is 58.7 cm³/mol. The molecule has 1 aliphatic rings. The van der Waals surface area contributed by atoms with Crippen LogP contribution in [0.5, 0.6) is 5.75 Å². The average molecular weight is 227 g/mol. The highest BCUT2D eigenvalue weighted by Crippen LogP contribution is 2.36. The number of hydrogen-bond acceptors (Lipinski definition) is 2. The first kappa shape index (κ1) is 10.1. The quantitative estimate of drug-likeness (QED) is 0.770. The normalized spacial score (nSPS) is 12.9. The highest BCUT2D eigenvalue weighted by molar-refractivity contribution is 6.31. The highest BCUT2D eigenvalue weighted by Gasteiger charge is 2.18. The van der Waals surface area contributed by atoms with E-state index in [0.29, 0.717) is 17.3 Å². The standard InChI is InChI=1S/C10H11ClN2O2/c1-12-10(14)13-8-5-7(11)4-6-2-3-15-9(6)8/h4-5H,2-3H2,1H3,(H2,12,13,14). The van der Waals surface area contributed by atoms with Crippen LogP contribution in [0.15, 0.2) is 12.1 Å². The number of rotatable bonds is 1. The second-order valence-electron chi connectivity index (χ2n) is 3.24. The first-order valence-corrected chi connectivity index (χ1v) is 5.02. The molecule has 0 saturated heterocycles. The van der Waals surface area contributed by atoms with Crippen molar-refractivity contribution in [2.75, 3.05) is 19.0 Å². The summed E-state index contributed by atoms with van der Waals surface area (Å²) in [6, 6.07) is 3.26. The van der Waals surface area contributed by atoms with Crippen molar-refractivity contribution in [3.8, 4) is 5.75 Å². The number of hydrogen-bond donors (Lipinski definition) is 2. The Bertz CT molecular complexity index is 407. The predicted octanol–water partition coefficient (Wildman–Crippen LogP) is 2.03. The number of carbonyl (C=O) groups excluding carboxylic acids is 1. The van der Waals surface area contributed by atoms with Crippen LogP contribution in [0.25, 0.3) is 0 Å². The van der Waals surface area contributed by atoms with E-state index in [-0.39, 0.29) is 6.03 Å². The third-order valence-corrected chi connectivity index (χ3v) is 2.44. The molecule has 1 aromatic rings. The van der Waals surface area contributed by atoms with E-state index in [9.17, 15) is 4.79 Å². The molecule has 2 N–H and O–H groups in total. The Morgan fingerprint density at radius 3 is 3.07 bits per heavy atom. The summed E-state index contributed by atoms with van der Waals surface area (Å²) in [5, 5.41) is 5.75. The number of urea groups is 1.